The van der Waals surface area contributed by atoms with Crippen molar-refractivity contribution in [3.8, 4) is 11.5 Å². The molecular weight excluding hydrogens is 356 g/mol. The lowest BCUT2D eigenvalue weighted by molar-refractivity contribution is -0.119. The van der Waals surface area contributed by atoms with Gasteiger partial charge in [-0.1, -0.05) is 29.8 Å². The Hall–Kier alpha value is -3.22. The van der Waals surface area contributed by atoms with E-state index in [1.165, 1.54) is 5.56 Å². The summed E-state index contributed by atoms with van der Waals surface area (Å²) in [4.78, 5) is 15.1. The standard InChI is InChI=1S/C21H28N4O3/c1-15-7-8-19(27-3)17(11-15)9-10-24-21(23-2)25-13-16-5-4-6-18(12-16)28-14-20(22)26/h4-8,11-12H,9-10,13-14H2,1-3H3,(H2,22,26)(H2,23,24,25). The number of methoxy groups -OCH3 is 1. The second-order valence-electron chi connectivity index (χ2n) is 6.32. The zero-order chi connectivity index (χ0) is 20.4. The van der Waals surface area contributed by atoms with Crippen molar-refractivity contribution in [3.05, 3.63) is 59.2 Å². The number of hydrogen-bond donors (Lipinski definition) is 3. The van der Waals surface area contributed by atoms with Gasteiger partial charge in [-0.15, -0.1) is 0 Å². The van der Waals surface area contributed by atoms with Gasteiger partial charge >= 0.3 is 0 Å². The lowest BCUT2D eigenvalue weighted by Gasteiger charge is -2.14. The topological polar surface area (TPSA) is 98.0 Å². The van der Waals surface area contributed by atoms with Crippen LogP contribution in [0.15, 0.2) is 47.5 Å². The second kappa shape index (κ2) is 10.8. The molecule has 7 nitrogen and oxygen atoms in total. The molecular formula is C21H28N4O3. The molecule has 28 heavy (non-hydrogen) atoms. The molecule has 0 aromatic heterocycles. The summed E-state index contributed by atoms with van der Waals surface area (Å²) in [6.45, 7) is 3.23. The van der Waals surface area contributed by atoms with Gasteiger partial charge in [0.15, 0.2) is 12.6 Å². The number of guanidine groups is 1. The maximum absolute atomic E-state index is 10.8. The van der Waals surface area contributed by atoms with E-state index < -0.39 is 5.91 Å². The molecule has 2 rings (SSSR count). The lowest BCUT2D eigenvalue weighted by Crippen LogP contribution is -2.37. The number of nitrogens with one attached hydrogen (secondary N) is 2. The fourth-order valence-electron chi connectivity index (χ4n) is 2.72. The van der Waals surface area contributed by atoms with Gasteiger partial charge in [-0.05, 0) is 42.7 Å². The summed E-state index contributed by atoms with van der Waals surface area (Å²) >= 11 is 0. The molecule has 4 N–H and O–H groups in total. The molecule has 2 aromatic carbocycles. The van der Waals surface area contributed by atoms with E-state index in [9.17, 15) is 4.79 Å². The summed E-state index contributed by atoms with van der Waals surface area (Å²) in [5.41, 5.74) is 8.47. The summed E-state index contributed by atoms with van der Waals surface area (Å²) in [5, 5.41) is 6.57. The molecule has 0 fully saturated rings. The van der Waals surface area contributed by atoms with Crippen LogP contribution in [0.1, 0.15) is 16.7 Å². The number of primary amides is 1. The van der Waals surface area contributed by atoms with Gasteiger partial charge in [0.2, 0.25) is 0 Å². The minimum atomic E-state index is -0.502. The van der Waals surface area contributed by atoms with Crippen LogP contribution in [0.5, 0.6) is 11.5 Å². The van der Waals surface area contributed by atoms with Crippen LogP contribution in [0.2, 0.25) is 0 Å². The lowest BCUT2D eigenvalue weighted by atomic mass is 10.1. The molecule has 0 saturated carbocycles. The highest BCUT2D eigenvalue weighted by Gasteiger charge is 2.05. The molecule has 0 aliphatic heterocycles. The van der Waals surface area contributed by atoms with E-state index >= 15 is 0 Å². The Kier molecular flexibility index (Phi) is 8.14. The van der Waals surface area contributed by atoms with Crippen LogP contribution in [0, 0.1) is 6.92 Å². The van der Waals surface area contributed by atoms with Crippen LogP contribution in [0.25, 0.3) is 0 Å². The second-order valence-corrected chi connectivity index (χ2v) is 6.32. The highest BCUT2D eigenvalue weighted by molar-refractivity contribution is 5.79. The SMILES string of the molecule is CN=C(NCCc1cc(C)ccc1OC)NCc1cccc(OCC(N)=O)c1. The van der Waals surface area contributed by atoms with Crippen LogP contribution < -0.4 is 25.8 Å². The monoisotopic (exact) mass is 384 g/mol. The van der Waals surface area contributed by atoms with Crippen molar-refractivity contribution in [2.24, 2.45) is 10.7 Å². The summed E-state index contributed by atoms with van der Waals surface area (Å²) in [6, 6.07) is 13.6. The van der Waals surface area contributed by atoms with Crippen molar-refractivity contribution >= 4 is 11.9 Å². The summed E-state index contributed by atoms with van der Waals surface area (Å²) < 4.78 is 10.7. The van der Waals surface area contributed by atoms with Gasteiger partial charge in [-0.2, -0.15) is 0 Å². The Morgan fingerprint density at radius 3 is 2.71 bits per heavy atom. The average Bonchev–Trinajstić information content (AvgIpc) is 2.69. The van der Waals surface area contributed by atoms with Gasteiger partial charge in [0.05, 0.1) is 7.11 Å². The van der Waals surface area contributed by atoms with Crippen molar-refractivity contribution in [1.82, 2.24) is 10.6 Å². The minimum Gasteiger partial charge on any atom is -0.496 e. The summed E-state index contributed by atoms with van der Waals surface area (Å²) in [5.74, 6) is 1.70. The first kappa shape index (κ1) is 21.1. The number of carbonyl (C=O) groups excluding carboxylic acids is 1. The fraction of sp³-hybridized carbons (Fsp3) is 0.333. The number of ether oxygens (including phenoxy) is 2. The van der Waals surface area contributed by atoms with Gasteiger partial charge in [-0.3, -0.25) is 9.79 Å². The Bertz CT molecular complexity index is 821. The molecule has 0 aliphatic carbocycles. The van der Waals surface area contributed by atoms with Crippen LogP contribution in [0.3, 0.4) is 0 Å². The predicted octanol–water partition coefficient (Wildman–Crippen LogP) is 1.78. The third-order valence-electron chi connectivity index (χ3n) is 4.09. The predicted molar refractivity (Wildman–Crippen MR) is 111 cm³/mol. The van der Waals surface area contributed by atoms with Crippen LogP contribution in [-0.2, 0) is 17.8 Å². The number of amides is 1. The Labute approximate surface area is 165 Å². The van der Waals surface area contributed by atoms with Crippen molar-refractivity contribution in [2.45, 2.75) is 19.9 Å². The molecule has 0 atom stereocenters. The molecule has 1 amide bonds. The van der Waals surface area contributed by atoms with E-state index in [1.807, 2.05) is 30.3 Å². The van der Waals surface area contributed by atoms with Crippen molar-refractivity contribution < 1.29 is 14.3 Å². The number of rotatable bonds is 9. The quantitative estimate of drug-likeness (QED) is 0.452. The molecule has 0 aliphatic rings. The molecule has 0 bridgehead atoms. The van der Waals surface area contributed by atoms with E-state index in [1.54, 1.807) is 20.2 Å². The number of nitrogens with zero attached hydrogens (tertiary/aromatic N) is 1. The van der Waals surface area contributed by atoms with Crippen molar-refractivity contribution in [1.29, 1.82) is 0 Å². The first-order chi connectivity index (χ1) is 13.5. The van der Waals surface area contributed by atoms with Crippen molar-refractivity contribution in [3.63, 3.8) is 0 Å². The number of aryl methyl sites for hydroxylation is 1. The molecule has 0 unspecified atom stereocenters. The van der Waals surface area contributed by atoms with E-state index in [0.29, 0.717) is 18.3 Å². The Morgan fingerprint density at radius 2 is 2.00 bits per heavy atom. The zero-order valence-electron chi connectivity index (χ0n) is 16.6. The molecule has 0 spiro atoms. The number of carbonyl (C=O) groups is 1. The molecule has 0 heterocycles. The molecule has 150 valence electrons. The largest absolute Gasteiger partial charge is 0.496 e. The van der Waals surface area contributed by atoms with Gasteiger partial charge in [0, 0.05) is 20.1 Å². The average molecular weight is 384 g/mol. The summed E-state index contributed by atoms with van der Waals surface area (Å²) in [6.07, 6.45) is 0.821. The van der Waals surface area contributed by atoms with Gasteiger partial charge in [0.1, 0.15) is 11.5 Å². The smallest absolute Gasteiger partial charge is 0.255 e. The van der Waals surface area contributed by atoms with E-state index in [0.717, 1.165) is 29.8 Å². The molecule has 0 saturated heterocycles. The fourth-order valence-corrected chi connectivity index (χ4v) is 2.72. The third-order valence-corrected chi connectivity index (χ3v) is 4.09. The molecule has 7 heteroatoms. The van der Waals surface area contributed by atoms with E-state index in [2.05, 4.69) is 28.6 Å². The van der Waals surface area contributed by atoms with E-state index in [4.69, 9.17) is 15.2 Å². The molecule has 0 radical (unpaired) electrons. The Morgan fingerprint density at radius 1 is 1.18 bits per heavy atom. The normalized spacial score (nSPS) is 11.0. The first-order valence-electron chi connectivity index (χ1n) is 9.10. The maximum atomic E-state index is 10.8. The van der Waals surface area contributed by atoms with E-state index in [-0.39, 0.29) is 6.61 Å². The number of hydrogen-bond acceptors (Lipinski definition) is 4. The summed E-state index contributed by atoms with van der Waals surface area (Å²) in [7, 11) is 3.42. The highest BCUT2D eigenvalue weighted by atomic mass is 16.5. The van der Waals surface area contributed by atoms with Crippen LogP contribution >= 0.6 is 0 Å². The number of nitrogens with two attached hydrogens (primary N) is 1. The zero-order valence-corrected chi connectivity index (χ0v) is 16.6. The number of aliphatic imine (C=N–C) groups is 1. The highest BCUT2D eigenvalue weighted by Crippen LogP contribution is 2.19. The molecule has 2 aromatic rings. The first-order valence-corrected chi connectivity index (χ1v) is 9.10. The number of benzene rings is 2. The van der Waals surface area contributed by atoms with Gasteiger partial charge < -0.3 is 25.8 Å². The van der Waals surface area contributed by atoms with Crippen LogP contribution in [0.4, 0.5) is 0 Å². The Balaban J connectivity index is 1.84. The van der Waals surface area contributed by atoms with Gasteiger partial charge in [-0.25, -0.2) is 0 Å². The third kappa shape index (κ3) is 6.83. The van der Waals surface area contributed by atoms with Gasteiger partial charge in [0.25, 0.3) is 5.91 Å². The minimum absolute atomic E-state index is 0.136. The van der Waals surface area contributed by atoms with Crippen LogP contribution in [-0.4, -0.2) is 39.2 Å². The van der Waals surface area contributed by atoms with Crippen molar-refractivity contribution in [2.75, 3.05) is 27.3 Å². The maximum Gasteiger partial charge on any atom is 0.255 e.